The molecule has 2 aliphatic rings. The number of hydrogen-bond acceptors (Lipinski definition) is 3. The summed E-state index contributed by atoms with van der Waals surface area (Å²) in [5, 5.41) is 3.86. The summed E-state index contributed by atoms with van der Waals surface area (Å²) in [5.41, 5.74) is 7.90. The fourth-order valence-electron chi connectivity index (χ4n) is 3.58. The molecule has 3 nitrogen and oxygen atoms in total. The highest BCUT2D eigenvalue weighted by molar-refractivity contribution is 5.50. The average Bonchev–Trinajstić information content (AvgIpc) is 2.40. The number of anilines is 1. The fourth-order valence-corrected chi connectivity index (χ4v) is 3.58. The van der Waals surface area contributed by atoms with Crippen molar-refractivity contribution in [1.82, 2.24) is 5.32 Å². The van der Waals surface area contributed by atoms with Crippen LogP contribution in [0.4, 0.5) is 5.69 Å². The van der Waals surface area contributed by atoms with E-state index in [0.717, 1.165) is 17.9 Å². The first-order valence-electron chi connectivity index (χ1n) is 7.88. The first kappa shape index (κ1) is 13.7. The van der Waals surface area contributed by atoms with Crippen molar-refractivity contribution in [3.05, 3.63) is 23.8 Å². The Morgan fingerprint density at radius 2 is 1.95 bits per heavy atom. The molecular weight excluding hydrogens is 248 g/mol. The zero-order valence-corrected chi connectivity index (χ0v) is 12.6. The molecule has 1 unspecified atom stereocenters. The van der Waals surface area contributed by atoms with Crippen LogP contribution in [0.25, 0.3) is 0 Å². The molecule has 1 fully saturated rings. The molecule has 0 amide bonds. The highest BCUT2D eigenvalue weighted by atomic mass is 16.5. The van der Waals surface area contributed by atoms with Gasteiger partial charge in [0.15, 0.2) is 0 Å². The minimum absolute atomic E-state index is 0.116. The number of benzene rings is 1. The van der Waals surface area contributed by atoms with Gasteiger partial charge in [-0.25, -0.2) is 0 Å². The molecule has 1 aromatic carbocycles. The quantitative estimate of drug-likeness (QED) is 0.807. The second-order valence-corrected chi connectivity index (χ2v) is 6.92. The molecule has 1 aliphatic heterocycles. The molecule has 3 N–H and O–H groups in total. The van der Waals surface area contributed by atoms with Crippen molar-refractivity contribution in [3.8, 4) is 5.75 Å². The summed E-state index contributed by atoms with van der Waals surface area (Å²) in [6, 6.07) is 7.03. The third-order valence-corrected chi connectivity index (χ3v) is 4.53. The largest absolute Gasteiger partial charge is 0.487 e. The maximum absolute atomic E-state index is 6.10. The third kappa shape index (κ3) is 2.93. The van der Waals surface area contributed by atoms with Gasteiger partial charge in [0.1, 0.15) is 11.4 Å². The van der Waals surface area contributed by atoms with Gasteiger partial charge in [0, 0.05) is 29.8 Å². The molecular formula is C17H26N2O. The summed E-state index contributed by atoms with van der Waals surface area (Å²) in [6.45, 7) is 4.34. The van der Waals surface area contributed by atoms with Crippen LogP contribution in [0.1, 0.15) is 64.0 Å². The Morgan fingerprint density at radius 1 is 1.20 bits per heavy atom. The van der Waals surface area contributed by atoms with Crippen LogP contribution in [0.3, 0.4) is 0 Å². The molecule has 0 bridgehead atoms. The van der Waals surface area contributed by atoms with Gasteiger partial charge in [-0.15, -0.1) is 0 Å². The average molecular weight is 274 g/mol. The number of rotatable bonds is 2. The minimum atomic E-state index is -0.116. The summed E-state index contributed by atoms with van der Waals surface area (Å²) in [7, 11) is 0. The molecule has 1 aromatic rings. The Morgan fingerprint density at radius 3 is 2.70 bits per heavy atom. The molecule has 1 heterocycles. The molecule has 3 rings (SSSR count). The van der Waals surface area contributed by atoms with Crippen LogP contribution >= 0.6 is 0 Å². The van der Waals surface area contributed by atoms with Gasteiger partial charge in [0.2, 0.25) is 0 Å². The number of nitrogens with one attached hydrogen (secondary N) is 1. The van der Waals surface area contributed by atoms with E-state index in [2.05, 4.69) is 25.2 Å². The molecule has 3 heteroatoms. The Hall–Kier alpha value is -1.22. The van der Waals surface area contributed by atoms with Gasteiger partial charge in [-0.1, -0.05) is 19.3 Å². The van der Waals surface area contributed by atoms with Gasteiger partial charge < -0.3 is 15.8 Å². The van der Waals surface area contributed by atoms with Crippen LogP contribution in [0.15, 0.2) is 18.2 Å². The topological polar surface area (TPSA) is 47.3 Å². The smallest absolute Gasteiger partial charge is 0.125 e. The number of fused-ring (bicyclic) bond motifs is 1. The zero-order valence-electron chi connectivity index (χ0n) is 12.6. The lowest BCUT2D eigenvalue weighted by atomic mass is 9.87. The van der Waals surface area contributed by atoms with Crippen LogP contribution in [0.5, 0.6) is 5.75 Å². The van der Waals surface area contributed by atoms with Crippen LogP contribution in [-0.2, 0) is 0 Å². The molecule has 20 heavy (non-hydrogen) atoms. The Bertz CT molecular complexity index is 478. The normalized spacial score (nSPS) is 25.8. The van der Waals surface area contributed by atoms with Crippen molar-refractivity contribution in [3.63, 3.8) is 0 Å². The van der Waals surface area contributed by atoms with E-state index < -0.39 is 0 Å². The van der Waals surface area contributed by atoms with E-state index in [-0.39, 0.29) is 5.60 Å². The molecule has 1 atom stereocenters. The van der Waals surface area contributed by atoms with Crippen molar-refractivity contribution in [2.75, 3.05) is 5.73 Å². The van der Waals surface area contributed by atoms with Gasteiger partial charge >= 0.3 is 0 Å². The van der Waals surface area contributed by atoms with E-state index in [1.165, 1.54) is 37.7 Å². The van der Waals surface area contributed by atoms with Crippen molar-refractivity contribution in [2.45, 2.75) is 70.1 Å². The number of hydrogen-bond donors (Lipinski definition) is 2. The molecule has 110 valence electrons. The summed E-state index contributed by atoms with van der Waals surface area (Å²) in [4.78, 5) is 0. The summed E-state index contributed by atoms with van der Waals surface area (Å²) < 4.78 is 6.10. The zero-order chi connectivity index (χ0) is 14.2. The van der Waals surface area contributed by atoms with Crippen molar-refractivity contribution >= 4 is 5.69 Å². The van der Waals surface area contributed by atoms with E-state index in [1.807, 2.05) is 12.1 Å². The Labute approximate surface area is 121 Å². The molecule has 0 saturated heterocycles. The second kappa shape index (κ2) is 5.28. The Balaban J connectivity index is 1.83. The van der Waals surface area contributed by atoms with Crippen LogP contribution in [-0.4, -0.2) is 11.6 Å². The highest BCUT2D eigenvalue weighted by Gasteiger charge is 2.34. The summed E-state index contributed by atoms with van der Waals surface area (Å²) in [6.07, 6.45) is 7.70. The lowest BCUT2D eigenvalue weighted by Crippen LogP contribution is -2.43. The predicted octanol–water partition coefficient (Wildman–Crippen LogP) is 3.79. The predicted molar refractivity (Wildman–Crippen MR) is 82.9 cm³/mol. The van der Waals surface area contributed by atoms with Crippen molar-refractivity contribution in [1.29, 1.82) is 0 Å². The number of nitrogens with two attached hydrogens (primary N) is 1. The molecule has 0 aromatic heterocycles. The standard InChI is InChI=1S/C17H26N2O/c1-17(2)11-15(19-13-6-4-3-5-7-13)14-10-12(18)8-9-16(14)20-17/h8-10,13,15,19H,3-7,11,18H2,1-2H3. The first-order chi connectivity index (χ1) is 9.53. The van der Waals surface area contributed by atoms with E-state index in [4.69, 9.17) is 10.5 Å². The summed E-state index contributed by atoms with van der Waals surface area (Å²) >= 11 is 0. The van der Waals surface area contributed by atoms with Crippen molar-refractivity contribution in [2.24, 2.45) is 0 Å². The molecule has 1 saturated carbocycles. The van der Waals surface area contributed by atoms with E-state index in [0.29, 0.717) is 12.1 Å². The molecule has 0 radical (unpaired) electrons. The lowest BCUT2D eigenvalue weighted by Gasteiger charge is -2.40. The Kier molecular flexibility index (Phi) is 3.63. The highest BCUT2D eigenvalue weighted by Crippen LogP contribution is 2.41. The van der Waals surface area contributed by atoms with Gasteiger partial charge in [-0.05, 0) is 44.9 Å². The third-order valence-electron chi connectivity index (χ3n) is 4.53. The van der Waals surface area contributed by atoms with Crippen LogP contribution in [0.2, 0.25) is 0 Å². The van der Waals surface area contributed by atoms with Gasteiger partial charge in [-0.2, -0.15) is 0 Å². The maximum Gasteiger partial charge on any atom is 0.125 e. The SMILES string of the molecule is CC1(C)CC(NC2CCCCC2)c2cc(N)ccc2O1. The monoisotopic (exact) mass is 274 g/mol. The van der Waals surface area contributed by atoms with Gasteiger partial charge in [-0.3, -0.25) is 0 Å². The first-order valence-corrected chi connectivity index (χ1v) is 7.88. The van der Waals surface area contributed by atoms with E-state index in [1.54, 1.807) is 0 Å². The minimum Gasteiger partial charge on any atom is -0.487 e. The molecule has 1 aliphatic carbocycles. The van der Waals surface area contributed by atoms with Crippen LogP contribution in [0, 0.1) is 0 Å². The van der Waals surface area contributed by atoms with E-state index >= 15 is 0 Å². The van der Waals surface area contributed by atoms with E-state index in [9.17, 15) is 0 Å². The maximum atomic E-state index is 6.10. The van der Waals surface area contributed by atoms with Crippen molar-refractivity contribution < 1.29 is 4.74 Å². The van der Waals surface area contributed by atoms with Crippen LogP contribution < -0.4 is 15.8 Å². The van der Waals surface area contributed by atoms with Gasteiger partial charge in [0.25, 0.3) is 0 Å². The lowest BCUT2D eigenvalue weighted by molar-refractivity contribution is 0.0624. The molecule has 0 spiro atoms. The number of ether oxygens (including phenoxy) is 1. The fraction of sp³-hybridized carbons (Fsp3) is 0.647. The number of nitrogen functional groups attached to an aromatic ring is 1. The van der Waals surface area contributed by atoms with Gasteiger partial charge in [0.05, 0.1) is 0 Å². The second-order valence-electron chi connectivity index (χ2n) is 6.92. The summed E-state index contributed by atoms with van der Waals surface area (Å²) in [5.74, 6) is 0.990.